The van der Waals surface area contributed by atoms with Crippen LogP contribution in [0.3, 0.4) is 0 Å². The van der Waals surface area contributed by atoms with Gasteiger partial charge in [-0.3, -0.25) is 14.4 Å². The number of benzene rings is 2. The zero-order valence-electron chi connectivity index (χ0n) is 20.2. The van der Waals surface area contributed by atoms with Gasteiger partial charge in [-0.2, -0.15) is 0 Å². The molecule has 3 amide bonds. The highest BCUT2D eigenvalue weighted by atomic mass is 35.5. The molecule has 2 aromatic carbocycles. The number of hydrogen-bond donors (Lipinski definition) is 1. The highest BCUT2D eigenvalue weighted by molar-refractivity contribution is 7.90. The fourth-order valence-corrected chi connectivity index (χ4v) is 6.00. The van der Waals surface area contributed by atoms with Crippen molar-refractivity contribution in [3.63, 3.8) is 0 Å². The van der Waals surface area contributed by atoms with E-state index in [4.69, 9.17) is 23.2 Å². The fourth-order valence-electron chi connectivity index (χ4n) is 3.92. The summed E-state index contributed by atoms with van der Waals surface area (Å²) in [5.74, 6) is -1.26. The lowest BCUT2D eigenvalue weighted by Gasteiger charge is -2.29. The van der Waals surface area contributed by atoms with E-state index in [-0.39, 0.29) is 48.2 Å². The van der Waals surface area contributed by atoms with Crippen LogP contribution < -0.4 is 5.32 Å². The molecule has 1 aliphatic heterocycles. The van der Waals surface area contributed by atoms with Gasteiger partial charge in [-0.1, -0.05) is 54.7 Å². The van der Waals surface area contributed by atoms with Gasteiger partial charge in [0.25, 0.3) is 15.9 Å². The van der Waals surface area contributed by atoms with Gasteiger partial charge in [0.1, 0.15) is 10.9 Å². The monoisotopic (exact) mass is 553 g/mol. The molecule has 0 saturated heterocycles. The number of carbonyl (C=O) groups excluding carboxylic acids is 3. The minimum Gasteiger partial charge on any atom is -0.354 e. The number of hydrogen-bond acceptors (Lipinski definition) is 5. The summed E-state index contributed by atoms with van der Waals surface area (Å²) < 4.78 is 26.3. The van der Waals surface area contributed by atoms with Crippen LogP contribution in [-0.2, 0) is 26.2 Å². The first-order chi connectivity index (χ1) is 17.1. The Morgan fingerprint density at radius 3 is 2.50 bits per heavy atom. The Morgan fingerprint density at radius 1 is 1.11 bits per heavy atom. The minimum absolute atomic E-state index is 0.0299. The molecule has 0 aliphatic carbocycles. The number of fused-ring (bicyclic) bond motifs is 1. The van der Waals surface area contributed by atoms with Crippen LogP contribution in [0.4, 0.5) is 0 Å². The zero-order valence-corrected chi connectivity index (χ0v) is 22.5. The van der Waals surface area contributed by atoms with E-state index < -0.39 is 22.0 Å². The number of amides is 3. The second-order valence-electron chi connectivity index (χ2n) is 8.56. The highest BCUT2D eigenvalue weighted by Crippen LogP contribution is 2.30. The molecular weight excluding hydrogens is 525 g/mol. The number of halogens is 2. The SMILES string of the molecule is CCCCNC(=O)[C@H](C)N(Cc1ccc(Cl)cc1Cl)C(=O)CCCN1C(=O)c2ccccc2S1(=O)=O. The quantitative estimate of drug-likeness (QED) is 0.419. The maximum Gasteiger partial charge on any atom is 0.269 e. The Balaban J connectivity index is 1.72. The molecule has 0 bridgehead atoms. The maximum absolute atomic E-state index is 13.3. The first-order valence-corrected chi connectivity index (χ1v) is 13.9. The van der Waals surface area contributed by atoms with E-state index in [2.05, 4.69) is 5.32 Å². The summed E-state index contributed by atoms with van der Waals surface area (Å²) >= 11 is 12.3. The maximum atomic E-state index is 13.3. The predicted octanol–water partition coefficient (Wildman–Crippen LogP) is 4.25. The van der Waals surface area contributed by atoms with Crippen LogP contribution >= 0.6 is 23.2 Å². The van der Waals surface area contributed by atoms with Gasteiger partial charge in [0.2, 0.25) is 11.8 Å². The summed E-state index contributed by atoms with van der Waals surface area (Å²) in [5, 5.41) is 3.65. The van der Waals surface area contributed by atoms with E-state index in [0.717, 1.165) is 17.1 Å². The molecule has 0 aromatic heterocycles. The van der Waals surface area contributed by atoms with Crippen molar-refractivity contribution in [2.24, 2.45) is 0 Å². The van der Waals surface area contributed by atoms with E-state index in [1.807, 2.05) is 6.92 Å². The third kappa shape index (κ3) is 6.19. The summed E-state index contributed by atoms with van der Waals surface area (Å²) in [6.07, 6.45) is 1.77. The van der Waals surface area contributed by atoms with Crippen LogP contribution in [0, 0.1) is 0 Å². The lowest BCUT2D eigenvalue weighted by atomic mass is 10.1. The second-order valence-corrected chi connectivity index (χ2v) is 11.2. The topological polar surface area (TPSA) is 104 Å². The van der Waals surface area contributed by atoms with Crippen LogP contribution in [-0.4, -0.2) is 54.5 Å². The zero-order chi connectivity index (χ0) is 26.5. The third-order valence-electron chi connectivity index (χ3n) is 6.02. The highest BCUT2D eigenvalue weighted by Gasteiger charge is 2.40. The molecule has 0 saturated carbocycles. The van der Waals surface area contributed by atoms with Crippen molar-refractivity contribution in [1.29, 1.82) is 0 Å². The molecule has 3 rings (SSSR count). The molecule has 2 aromatic rings. The molecule has 194 valence electrons. The molecule has 0 radical (unpaired) electrons. The first-order valence-electron chi connectivity index (χ1n) is 11.7. The Hall–Kier alpha value is -2.62. The molecule has 0 spiro atoms. The molecule has 0 unspecified atom stereocenters. The number of nitrogens with one attached hydrogen (secondary N) is 1. The van der Waals surface area contributed by atoms with E-state index in [1.165, 1.54) is 17.0 Å². The number of sulfonamides is 1. The largest absolute Gasteiger partial charge is 0.354 e. The van der Waals surface area contributed by atoms with Crippen molar-refractivity contribution in [3.05, 3.63) is 63.6 Å². The van der Waals surface area contributed by atoms with Crippen molar-refractivity contribution < 1.29 is 22.8 Å². The van der Waals surface area contributed by atoms with Crippen molar-refractivity contribution in [2.75, 3.05) is 13.1 Å². The first kappa shape index (κ1) is 28.0. The molecule has 36 heavy (non-hydrogen) atoms. The fraction of sp³-hybridized carbons (Fsp3) is 0.400. The Labute approximate surface area is 221 Å². The molecular formula is C25H29Cl2N3O5S. The van der Waals surface area contributed by atoms with Crippen LogP contribution in [0.1, 0.15) is 55.5 Å². The van der Waals surface area contributed by atoms with Crippen molar-refractivity contribution in [2.45, 2.75) is 57.0 Å². The molecule has 0 fully saturated rings. The Kier molecular flexibility index (Phi) is 9.38. The van der Waals surface area contributed by atoms with Gasteiger partial charge in [-0.05, 0) is 49.6 Å². The third-order valence-corrected chi connectivity index (χ3v) is 8.44. The lowest BCUT2D eigenvalue weighted by molar-refractivity contribution is -0.140. The van der Waals surface area contributed by atoms with E-state index in [9.17, 15) is 22.8 Å². The van der Waals surface area contributed by atoms with Crippen LogP contribution in [0.25, 0.3) is 0 Å². The molecule has 11 heteroatoms. The average molecular weight is 554 g/mol. The van der Waals surface area contributed by atoms with Crippen LogP contribution in [0.5, 0.6) is 0 Å². The Bertz CT molecular complexity index is 1250. The average Bonchev–Trinajstić information content (AvgIpc) is 3.03. The Morgan fingerprint density at radius 2 is 1.83 bits per heavy atom. The van der Waals surface area contributed by atoms with Crippen LogP contribution in [0.15, 0.2) is 47.4 Å². The van der Waals surface area contributed by atoms with Crippen LogP contribution in [0.2, 0.25) is 10.0 Å². The lowest BCUT2D eigenvalue weighted by Crippen LogP contribution is -2.48. The van der Waals surface area contributed by atoms with Gasteiger partial charge < -0.3 is 10.2 Å². The summed E-state index contributed by atoms with van der Waals surface area (Å²) in [5.41, 5.74) is 0.746. The van der Waals surface area contributed by atoms with Gasteiger partial charge >= 0.3 is 0 Å². The second kappa shape index (κ2) is 12.1. The number of carbonyl (C=O) groups is 3. The number of unbranched alkanes of at least 4 members (excludes halogenated alkanes) is 1. The number of nitrogens with zero attached hydrogens (tertiary/aromatic N) is 2. The van der Waals surface area contributed by atoms with Gasteiger partial charge in [0, 0.05) is 36.1 Å². The van der Waals surface area contributed by atoms with Crippen molar-refractivity contribution in [1.82, 2.24) is 14.5 Å². The standard InChI is InChI=1S/C25H29Cl2N3O5S/c1-3-4-13-28-24(32)17(2)29(16-18-11-12-19(26)15-21(18)27)23(31)10-7-14-30-25(33)20-8-5-6-9-22(20)36(30,34)35/h5-6,8-9,11-12,15,17H,3-4,7,10,13-14,16H2,1-2H3,(H,28,32)/t17-/m0/s1. The summed E-state index contributed by atoms with van der Waals surface area (Å²) in [6.45, 7) is 4.07. The summed E-state index contributed by atoms with van der Waals surface area (Å²) in [4.78, 5) is 40.0. The molecule has 1 aliphatic rings. The van der Waals surface area contributed by atoms with Gasteiger partial charge in [-0.25, -0.2) is 12.7 Å². The normalized spacial score (nSPS) is 14.9. The van der Waals surface area contributed by atoms with E-state index >= 15 is 0 Å². The van der Waals surface area contributed by atoms with Gasteiger partial charge in [-0.15, -0.1) is 0 Å². The molecule has 8 nitrogen and oxygen atoms in total. The van der Waals surface area contributed by atoms with E-state index in [0.29, 0.717) is 22.2 Å². The molecule has 1 atom stereocenters. The van der Waals surface area contributed by atoms with Crippen molar-refractivity contribution >= 4 is 50.9 Å². The predicted molar refractivity (Wildman–Crippen MR) is 138 cm³/mol. The number of rotatable bonds is 11. The van der Waals surface area contributed by atoms with Gasteiger partial charge in [0.05, 0.1) is 5.56 Å². The van der Waals surface area contributed by atoms with Gasteiger partial charge in [0.15, 0.2) is 0 Å². The van der Waals surface area contributed by atoms with E-state index in [1.54, 1.807) is 37.3 Å². The molecule has 1 heterocycles. The summed E-state index contributed by atoms with van der Waals surface area (Å²) in [6, 6.07) is 10.1. The smallest absolute Gasteiger partial charge is 0.269 e. The van der Waals surface area contributed by atoms with Crippen molar-refractivity contribution in [3.8, 4) is 0 Å². The minimum atomic E-state index is -3.95. The molecule has 1 N–H and O–H groups in total. The summed E-state index contributed by atoms with van der Waals surface area (Å²) in [7, 11) is -3.95.